The molecule has 2 aromatic carbocycles. The summed E-state index contributed by atoms with van der Waals surface area (Å²) >= 11 is 0. The molecule has 2 heteroatoms. The predicted octanol–water partition coefficient (Wildman–Crippen LogP) is 6.52. The fourth-order valence-electron chi connectivity index (χ4n) is 1.06. The van der Waals surface area contributed by atoms with E-state index in [1.807, 2.05) is 60.7 Å². The fourth-order valence-corrected chi connectivity index (χ4v) is 1.89. The molecule has 0 aromatic heterocycles. The van der Waals surface area contributed by atoms with Crippen LogP contribution in [0, 0.1) is 23.8 Å². The van der Waals surface area contributed by atoms with Crippen LogP contribution in [0.3, 0.4) is 0 Å². The molecule has 0 aliphatic rings. The molecule has 2 aromatic rings. The molecule has 25 heavy (non-hydrogen) atoms. The average Bonchev–Trinajstić information content (AvgIpc) is 3.11. The van der Waals surface area contributed by atoms with Gasteiger partial charge in [0, 0.05) is 0 Å². The Balaban J connectivity index is -0.000000264. The molecule has 0 saturated carbocycles. The molecule has 138 valence electrons. The first-order chi connectivity index (χ1) is 10.9. The topological polar surface area (TPSA) is 0 Å². The first-order valence-corrected chi connectivity index (χ1v) is 9.84. The summed E-state index contributed by atoms with van der Waals surface area (Å²) in [5.74, 6) is 0. The van der Waals surface area contributed by atoms with Crippen molar-refractivity contribution in [1.29, 1.82) is 0 Å². The Morgan fingerprint density at radius 3 is 1.16 bits per heavy atom. The third kappa shape index (κ3) is 45.2. The van der Waals surface area contributed by atoms with Crippen molar-refractivity contribution in [1.82, 2.24) is 0 Å². The molecule has 0 aliphatic heterocycles. The van der Waals surface area contributed by atoms with Crippen molar-refractivity contribution in [3.05, 3.63) is 73.6 Å². The van der Waals surface area contributed by atoms with Gasteiger partial charge in [-0.1, -0.05) is 47.0 Å². The zero-order valence-corrected chi connectivity index (χ0v) is 21.2. The minimum Gasteiger partial charge on any atom is -0.338 e. The van der Waals surface area contributed by atoms with Gasteiger partial charge in [0.1, 0.15) is 0 Å². The molecule has 0 aliphatic carbocycles. The molecular formula is C23H38SiZr. The van der Waals surface area contributed by atoms with Crippen LogP contribution in [0.15, 0.2) is 60.7 Å². The van der Waals surface area contributed by atoms with Crippen LogP contribution in [0.4, 0.5) is 0 Å². The van der Waals surface area contributed by atoms with E-state index >= 15 is 0 Å². The zero-order valence-electron chi connectivity index (χ0n) is 17.6. The van der Waals surface area contributed by atoms with Crippen LogP contribution in [0.25, 0.3) is 0 Å². The van der Waals surface area contributed by atoms with Gasteiger partial charge in [0.05, 0.1) is 0 Å². The van der Waals surface area contributed by atoms with Gasteiger partial charge in [-0.25, -0.2) is 35.5 Å². The van der Waals surface area contributed by atoms with E-state index < -0.39 is 0 Å². The Morgan fingerprint density at radius 1 is 0.800 bits per heavy atom. The second-order valence-electron chi connectivity index (χ2n) is 8.26. The van der Waals surface area contributed by atoms with E-state index in [2.05, 4.69) is 68.4 Å². The average molecular weight is 434 g/mol. The molecule has 0 N–H and O–H groups in total. The first kappa shape index (κ1) is 29.3. The van der Waals surface area contributed by atoms with Crippen LogP contribution in [0.5, 0.6) is 0 Å². The fraction of sp³-hybridized carbons (Fsp3) is 0.435. The van der Waals surface area contributed by atoms with Crippen LogP contribution in [0.2, 0.25) is 0 Å². The summed E-state index contributed by atoms with van der Waals surface area (Å²) in [4.78, 5) is 0. The van der Waals surface area contributed by atoms with E-state index in [1.165, 1.54) is 0 Å². The van der Waals surface area contributed by atoms with Crippen molar-refractivity contribution in [3.63, 3.8) is 0 Å². The van der Waals surface area contributed by atoms with Crippen molar-refractivity contribution < 1.29 is 26.2 Å². The Hall–Kier alpha value is -0.460. The second kappa shape index (κ2) is 17.0. The molecule has 0 unspecified atom stereocenters. The molecule has 0 radical (unpaired) electrons. The summed E-state index contributed by atoms with van der Waals surface area (Å²) in [7, 11) is 0.483. The van der Waals surface area contributed by atoms with Crippen LogP contribution >= 0.6 is 0 Å². The van der Waals surface area contributed by atoms with E-state index in [4.69, 9.17) is 0 Å². The van der Waals surface area contributed by atoms with Gasteiger partial charge in [0.25, 0.3) is 0 Å². The SMILES string of the molecule is CC(C)=[SiH][CH-]C(C)(C)C.[CH2-]C(C)(C)C.[Zr+4].c1cc[cH-]c1.c1cc[cH-]c1. The van der Waals surface area contributed by atoms with E-state index in [9.17, 15) is 0 Å². The maximum Gasteiger partial charge on any atom is 4.00 e. The Labute approximate surface area is 179 Å². The molecule has 0 amide bonds. The minimum atomic E-state index is 0. The summed E-state index contributed by atoms with van der Waals surface area (Å²) in [6.07, 6.45) is 0. The summed E-state index contributed by atoms with van der Waals surface area (Å²) in [6, 6.07) is 22.4. The molecular weight excluding hydrogens is 396 g/mol. The normalized spacial score (nSPS) is 9.48. The van der Waals surface area contributed by atoms with Gasteiger partial charge in [-0.2, -0.15) is 50.9 Å². The van der Waals surface area contributed by atoms with Gasteiger partial charge in [-0.3, -0.25) is 0 Å². The standard InChI is InChI=1S/C8H17Si.2C5H5.C5H11.Zr/c1-7(2)9-6-8(3,4)5;2*1-2-4-5-3-1;1-5(2,3)4;/h6,9H,1-5H3;2*1-5H;1H2,2-4H3;/q4*-1;+4. The molecule has 0 fully saturated rings. The number of hydrogen-bond acceptors (Lipinski definition) is 0. The third-order valence-corrected chi connectivity index (χ3v) is 3.86. The summed E-state index contributed by atoms with van der Waals surface area (Å²) in [5, 5.41) is 1.57. The van der Waals surface area contributed by atoms with Crippen LogP contribution in [0.1, 0.15) is 55.4 Å². The van der Waals surface area contributed by atoms with Crippen molar-refractivity contribution in [3.8, 4) is 0 Å². The molecule has 0 atom stereocenters. The second-order valence-corrected chi connectivity index (χ2v) is 10.1. The van der Waals surface area contributed by atoms with Gasteiger partial charge in [-0.15, -0.1) is 13.8 Å². The van der Waals surface area contributed by atoms with Gasteiger partial charge in [0.2, 0.25) is 0 Å². The van der Waals surface area contributed by atoms with Gasteiger partial charge in [-0.05, 0) is 0 Å². The van der Waals surface area contributed by atoms with Gasteiger partial charge in [0.15, 0.2) is 0 Å². The van der Waals surface area contributed by atoms with E-state index in [0.29, 0.717) is 14.5 Å². The zero-order chi connectivity index (χ0) is 19.1. The van der Waals surface area contributed by atoms with E-state index in [1.54, 1.807) is 5.17 Å². The molecule has 0 saturated heterocycles. The molecule has 0 spiro atoms. The molecule has 0 heterocycles. The molecule has 2 rings (SSSR count). The smallest absolute Gasteiger partial charge is 0.338 e. The number of hydrogen-bond donors (Lipinski definition) is 0. The minimum absolute atomic E-state index is 0. The Morgan fingerprint density at radius 2 is 1.08 bits per heavy atom. The first-order valence-electron chi connectivity index (χ1n) is 8.60. The summed E-state index contributed by atoms with van der Waals surface area (Å²) < 4.78 is 0. The third-order valence-electron chi connectivity index (χ3n) is 2.03. The van der Waals surface area contributed by atoms with Gasteiger partial charge < -0.3 is 6.92 Å². The molecule has 0 nitrogen and oxygen atoms in total. The predicted molar refractivity (Wildman–Crippen MR) is 116 cm³/mol. The maximum absolute atomic E-state index is 3.77. The van der Waals surface area contributed by atoms with Crippen molar-refractivity contribution >= 4 is 14.3 Å². The van der Waals surface area contributed by atoms with Crippen LogP contribution in [-0.4, -0.2) is 14.3 Å². The Kier molecular flexibility index (Phi) is 19.9. The van der Waals surface area contributed by atoms with Gasteiger partial charge >= 0.3 is 26.2 Å². The van der Waals surface area contributed by atoms with Crippen LogP contribution < -0.4 is 0 Å². The summed E-state index contributed by atoms with van der Waals surface area (Å²) in [5.41, 5.74) is 0.673. The van der Waals surface area contributed by atoms with E-state index in [-0.39, 0.29) is 31.6 Å². The van der Waals surface area contributed by atoms with E-state index in [0.717, 1.165) is 0 Å². The molecule has 0 bridgehead atoms. The largest absolute Gasteiger partial charge is 4.00 e. The van der Waals surface area contributed by atoms with Crippen molar-refractivity contribution in [2.45, 2.75) is 55.4 Å². The monoisotopic (exact) mass is 432 g/mol. The van der Waals surface area contributed by atoms with Crippen LogP contribution in [-0.2, 0) is 26.2 Å². The van der Waals surface area contributed by atoms with Crippen molar-refractivity contribution in [2.24, 2.45) is 10.8 Å². The summed E-state index contributed by atoms with van der Waals surface area (Å²) in [6.45, 7) is 21.2. The quantitative estimate of drug-likeness (QED) is 0.355. The maximum atomic E-state index is 3.77. The Bertz CT molecular complexity index is 394. The number of rotatable bonds is 1. The van der Waals surface area contributed by atoms with Crippen molar-refractivity contribution in [2.75, 3.05) is 0 Å².